The molecule has 4 heterocycles. The van der Waals surface area contributed by atoms with Gasteiger partial charge in [-0.2, -0.15) is 4.98 Å². The predicted molar refractivity (Wildman–Crippen MR) is 90.9 cm³/mol. The average molecular weight is 356 g/mol. The lowest BCUT2D eigenvalue weighted by Gasteiger charge is -2.35. The molecule has 4 rings (SSSR count). The van der Waals surface area contributed by atoms with E-state index in [-0.39, 0.29) is 11.9 Å². The van der Waals surface area contributed by atoms with Gasteiger partial charge in [-0.25, -0.2) is 4.98 Å². The lowest BCUT2D eigenvalue weighted by molar-refractivity contribution is -0.134. The van der Waals surface area contributed by atoms with Gasteiger partial charge in [0, 0.05) is 51.9 Å². The first-order valence-electron chi connectivity index (χ1n) is 8.56. The molecule has 1 saturated heterocycles. The monoisotopic (exact) mass is 356 g/mol. The number of piperazine rings is 1. The van der Waals surface area contributed by atoms with Crippen molar-refractivity contribution in [1.29, 1.82) is 0 Å². The topological polar surface area (TPSA) is 102 Å². The van der Waals surface area contributed by atoms with Crippen LogP contribution < -0.4 is 5.32 Å². The second kappa shape index (κ2) is 7.12. The highest BCUT2D eigenvalue weighted by Gasteiger charge is 2.30. The highest BCUT2D eigenvalue weighted by atomic mass is 16.5. The molecule has 1 N–H and O–H groups in total. The molecule has 136 valence electrons. The number of aromatic nitrogens is 4. The Labute approximate surface area is 150 Å². The summed E-state index contributed by atoms with van der Waals surface area (Å²) in [6, 6.07) is 3.45. The Morgan fingerprint density at radius 2 is 2.38 bits per heavy atom. The van der Waals surface area contributed by atoms with E-state index < -0.39 is 0 Å². The van der Waals surface area contributed by atoms with E-state index in [1.807, 2.05) is 22.7 Å². The van der Waals surface area contributed by atoms with Gasteiger partial charge in [-0.05, 0) is 12.1 Å². The second-order valence-electron chi connectivity index (χ2n) is 6.19. The molecule has 3 aromatic rings. The van der Waals surface area contributed by atoms with Gasteiger partial charge in [-0.3, -0.25) is 4.79 Å². The van der Waals surface area contributed by atoms with Crippen molar-refractivity contribution >= 4 is 5.91 Å². The van der Waals surface area contributed by atoms with Gasteiger partial charge in [0.1, 0.15) is 11.9 Å². The van der Waals surface area contributed by atoms with Crippen molar-refractivity contribution in [2.24, 2.45) is 7.05 Å². The maximum Gasteiger partial charge on any atom is 0.238 e. The molecule has 0 spiro atoms. The summed E-state index contributed by atoms with van der Waals surface area (Å²) in [7, 11) is 1.94. The molecule has 9 heteroatoms. The fourth-order valence-corrected chi connectivity index (χ4v) is 3.15. The van der Waals surface area contributed by atoms with Crippen molar-refractivity contribution in [2.75, 3.05) is 19.6 Å². The van der Waals surface area contributed by atoms with Crippen LogP contribution in [0.3, 0.4) is 0 Å². The van der Waals surface area contributed by atoms with E-state index in [1.165, 1.54) is 0 Å². The van der Waals surface area contributed by atoms with Crippen molar-refractivity contribution in [3.63, 3.8) is 0 Å². The van der Waals surface area contributed by atoms with E-state index in [9.17, 15) is 4.79 Å². The molecule has 1 aliphatic rings. The Morgan fingerprint density at radius 3 is 3.15 bits per heavy atom. The standard InChI is InChI=1S/C17H20N6O3/c1-22-8-7-19-17(22)12-11-18-6-9-23(12)15(24)5-4-14-20-16(21-26-14)13-3-2-10-25-13/h2-3,7-8,10,12,18H,4-6,9,11H2,1H3. The highest BCUT2D eigenvalue weighted by Crippen LogP contribution is 2.22. The van der Waals surface area contributed by atoms with Crippen LogP contribution >= 0.6 is 0 Å². The predicted octanol–water partition coefficient (Wildman–Crippen LogP) is 1.17. The summed E-state index contributed by atoms with van der Waals surface area (Å²) >= 11 is 0. The Morgan fingerprint density at radius 1 is 1.46 bits per heavy atom. The molecule has 0 aromatic carbocycles. The third-order valence-electron chi connectivity index (χ3n) is 4.48. The summed E-state index contributed by atoms with van der Waals surface area (Å²) < 4.78 is 12.4. The van der Waals surface area contributed by atoms with Gasteiger partial charge in [0.25, 0.3) is 0 Å². The molecule has 26 heavy (non-hydrogen) atoms. The summed E-state index contributed by atoms with van der Waals surface area (Å²) in [6.07, 6.45) is 5.89. The fraction of sp³-hybridized carbons (Fsp3) is 0.412. The lowest BCUT2D eigenvalue weighted by Crippen LogP contribution is -2.49. The van der Waals surface area contributed by atoms with Crippen molar-refractivity contribution in [3.8, 4) is 11.6 Å². The molecule has 0 aliphatic carbocycles. The van der Waals surface area contributed by atoms with Gasteiger partial charge >= 0.3 is 0 Å². The normalized spacial score (nSPS) is 17.6. The number of aryl methyl sites for hydroxylation is 2. The van der Waals surface area contributed by atoms with E-state index in [2.05, 4.69) is 20.4 Å². The average Bonchev–Trinajstić information content (AvgIpc) is 3.41. The quantitative estimate of drug-likeness (QED) is 0.732. The number of amides is 1. The van der Waals surface area contributed by atoms with E-state index in [4.69, 9.17) is 8.94 Å². The number of nitrogens with one attached hydrogen (secondary N) is 1. The minimum Gasteiger partial charge on any atom is -0.461 e. The van der Waals surface area contributed by atoms with Crippen LogP contribution in [0.25, 0.3) is 11.6 Å². The summed E-state index contributed by atoms with van der Waals surface area (Å²) in [6.45, 7) is 2.12. The fourth-order valence-electron chi connectivity index (χ4n) is 3.15. The molecule has 0 radical (unpaired) electrons. The Bertz CT molecular complexity index is 869. The van der Waals surface area contributed by atoms with Gasteiger partial charge in [-0.15, -0.1) is 0 Å². The molecule has 1 aliphatic heterocycles. The van der Waals surface area contributed by atoms with Gasteiger partial charge < -0.3 is 23.7 Å². The summed E-state index contributed by atoms with van der Waals surface area (Å²) in [5.74, 6) is 2.29. The van der Waals surface area contributed by atoms with Crippen LogP contribution in [0.5, 0.6) is 0 Å². The summed E-state index contributed by atoms with van der Waals surface area (Å²) in [5, 5.41) is 7.22. The first kappa shape index (κ1) is 16.5. The molecule has 1 atom stereocenters. The van der Waals surface area contributed by atoms with Crippen molar-refractivity contribution in [2.45, 2.75) is 18.9 Å². The zero-order chi connectivity index (χ0) is 17.9. The van der Waals surface area contributed by atoms with Crippen molar-refractivity contribution < 1.29 is 13.7 Å². The smallest absolute Gasteiger partial charge is 0.238 e. The number of nitrogens with zero attached hydrogens (tertiary/aromatic N) is 5. The van der Waals surface area contributed by atoms with Gasteiger partial charge in [0.15, 0.2) is 5.76 Å². The van der Waals surface area contributed by atoms with Gasteiger partial charge in [-0.1, -0.05) is 5.16 Å². The van der Waals surface area contributed by atoms with Gasteiger partial charge in [0.05, 0.1) is 6.26 Å². The van der Waals surface area contributed by atoms with Gasteiger partial charge in [0.2, 0.25) is 17.6 Å². The summed E-state index contributed by atoms with van der Waals surface area (Å²) in [4.78, 5) is 23.3. The number of carbonyl (C=O) groups excluding carboxylic acids is 1. The van der Waals surface area contributed by atoms with E-state index in [1.54, 1.807) is 24.6 Å². The Kier molecular flexibility index (Phi) is 4.53. The maximum atomic E-state index is 12.8. The van der Waals surface area contributed by atoms with Crippen molar-refractivity contribution in [1.82, 2.24) is 29.9 Å². The number of hydrogen-bond donors (Lipinski definition) is 1. The van der Waals surface area contributed by atoms with E-state index >= 15 is 0 Å². The second-order valence-corrected chi connectivity index (χ2v) is 6.19. The molecule has 0 saturated carbocycles. The number of furan rings is 1. The largest absolute Gasteiger partial charge is 0.461 e. The first-order valence-corrected chi connectivity index (χ1v) is 8.56. The number of imidazole rings is 1. The highest BCUT2D eigenvalue weighted by molar-refractivity contribution is 5.77. The summed E-state index contributed by atoms with van der Waals surface area (Å²) in [5.41, 5.74) is 0. The molecule has 0 bridgehead atoms. The molecule has 1 unspecified atom stereocenters. The number of carbonyl (C=O) groups is 1. The third kappa shape index (κ3) is 3.25. The van der Waals surface area contributed by atoms with Crippen LogP contribution in [0.15, 0.2) is 39.7 Å². The third-order valence-corrected chi connectivity index (χ3v) is 4.48. The zero-order valence-corrected chi connectivity index (χ0v) is 14.5. The lowest BCUT2D eigenvalue weighted by atomic mass is 10.1. The number of rotatable bonds is 5. The SMILES string of the molecule is Cn1ccnc1C1CNCCN1C(=O)CCc1nc(-c2ccco2)no1. The minimum absolute atomic E-state index is 0.0530. The Hall–Kier alpha value is -2.94. The number of hydrogen-bond acceptors (Lipinski definition) is 7. The van der Waals surface area contributed by atoms with Crippen LogP contribution in [-0.2, 0) is 18.3 Å². The zero-order valence-electron chi connectivity index (χ0n) is 14.5. The van der Waals surface area contributed by atoms with Crippen LogP contribution in [0.1, 0.15) is 24.2 Å². The van der Waals surface area contributed by atoms with Crippen LogP contribution in [0.2, 0.25) is 0 Å². The van der Waals surface area contributed by atoms with E-state index in [0.717, 1.165) is 12.4 Å². The van der Waals surface area contributed by atoms with Crippen LogP contribution in [0.4, 0.5) is 0 Å². The van der Waals surface area contributed by atoms with E-state index in [0.29, 0.717) is 43.4 Å². The minimum atomic E-state index is -0.0717. The molecule has 9 nitrogen and oxygen atoms in total. The molecular weight excluding hydrogens is 336 g/mol. The Balaban J connectivity index is 1.41. The molecule has 1 fully saturated rings. The maximum absolute atomic E-state index is 12.8. The molecule has 1 amide bonds. The molecular formula is C17H20N6O3. The van der Waals surface area contributed by atoms with Crippen molar-refractivity contribution in [3.05, 3.63) is 42.5 Å². The molecule has 3 aromatic heterocycles. The van der Waals surface area contributed by atoms with Crippen LogP contribution in [-0.4, -0.2) is 50.1 Å². The first-order chi connectivity index (χ1) is 12.7. The van der Waals surface area contributed by atoms with Crippen LogP contribution in [0, 0.1) is 0 Å².